The van der Waals surface area contributed by atoms with E-state index in [4.69, 9.17) is 0 Å². The minimum absolute atomic E-state index is 0.0520. The molecule has 2 saturated heterocycles. The number of sulfone groups is 1. The van der Waals surface area contributed by atoms with Crippen molar-refractivity contribution in [2.45, 2.75) is 32.1 Å². The standard InChI is InChI=1S/C15H18N2O3S2/c1-9-4-5-12(10(2)6-9)17-13-7-22(19,20)8-14(13)21-15(17)16-11(3)18/h4-6,13-14H,7-8H2,1-3H3/t13-,14-/m1/s1. The molecule has 0 unspecified atom stereocenters. The van der Waals surface area contributed by atoms with E-state index in [0.717, 1.165) is 16.8 Å². The topological polar surface area (TPSA) is 66.8 Å². The van der Waals surface area contributed by atoms with E-state index in [1.165, 1.54) is 18.7 Å². The third kappa shape index (κ3) is 2.79. The molecule has 1 aromatic rings. The molecule has 0 aromatic heterocycles. The maximum absolute atomic E-state index is 11.9. The first kappa shape index (κ1) is 15.6. The van der Waals surface area contributed by atoms with Gasteiger partial charge in [0.05, 0.1) is 17.5 Å². The zero-order chi connectivity index (χ0) is 16.1. The molecule has 7 heteroatoms. The molecule has 2 heterocycles. The smallest absolute Gasteiger partial charge is 0.244 e. The highest BCUT2D eigenvalue weighted by atomic mass is 32.2. The van der Waals surface area contributed by atoms with Crippen LogP contribution in [0.1, 0.15) is 18.1 Å². The number of rotatable bonds is 1. The number of aryl methyl sites for hydroxylation is 2. The van der Waals surface area contributed by atoms with Crippen molar-refractivity contribution in [1.29, 1.82) is 0 Å². The van der Waals surface area contributed by atoms with E-state index >= 15 is 0 Å². The Kier molecular flexibility index (Phi) is 3.81. The Hall–Kier alpha value is -1.34. The number of thioether (sulfide) groups is 1. The van der Waals surface area contributed by atoms with Gasteiger partial charge in [-0.05, 0) is 25.5 Å². The first-order valence-electron chi connectivity index (χ1n) is 7.10. The molecule has 0 saturated carbocycles. The van der Waals surface area contributed by atoms with Crippen LogP contribution in [0.4, 0.5) is 5.69 Å². The number of amidine groups is 1. The minimum atomic E-state index is -3.02. The summed E-state index contributed by atoms with van der Waals surface area (Å²) in [4.78, 5) is 17.5. The Bertz CT molecular complexity index is 771. The van der Waals surface area contributed by atoms with Gasteiger partial charge in [-0.1, -0.05) is 29.5 Å². The lowest BCUT2D eigenvalue weighted by molar-refractivity contribution is -0.115. The fraction of sp³-hybridized carbons (Fsp3) is 0.467. The monoisotopic (exact) mass is 338 g/mol. The fourth-order valence-corrected chi connectivity index (χ4v) is 7.01. The molecule has 0 spiro atoms. The van der Waals surface area contributed by atoms with Gasteiger partial charge in [-0.15, -0.1) is 0 Å². The Labute approximate surface area is 134 Å². The van der Waals surface area contributed by atoms with Crippen LogP contribution < -0.4 is 4.90 Å². The average Bonchev–Trinajstić information content (AvgIpc) is 2.81. The molecule has 0 aliphatic carbocycles. The molecule has 2 fully saturated rings. The molecular formula is C15H18N2O3S2. The predicted octanol–water partition coefficient (Wildman–Crippen LogP) is 1.92. The van der Waals surface area contributed by atoms with Crippen LogP contribution in [0.3, 0.4) is 0 Å². The summed E-state index contributed by atoms with van der Waals surface area (Å²) in [5.74, 6) is 0.00959. The lowest BCUT2D eigenvalue weighted by Gasteiger charge is -2.26. The van der Waals surface area contributed by atoms with Crippen molar-refractivity contribution in [3.8, 4) is 0 Å². The number of anilines is 1. The van der Waals surface area contributed by atoms with E-state index < -0.39 is 9.84 Å². The van der Waals surface area contributed by atoms with E-state index in [-0.39, 0.29) is 28.7 Å². The van der Waals surface area contributed by atoms with E-state index in [1.807, 2.05) is 30.9 Å². The number of carbonyl (C=O) groups excluding carboxylic acids is 1. The van der Waals surface area contributed by atoms with E-state index in [2.05, 4.69) is 11.1 Å². The van der Waals surface area contributed by atoms with Crippen LogP contribution in [0.25, 0.3) is 0 Å². The SMILES string of the molecule is CC(=O)N=C1S[C@@H]2CS(=O)(=O)C[C@H]2N1c1ccc(C)cc1C. The maximum Gasteiger partial charge on any atom is 0.244 e. The van der Waals surface area contributed by atoms with E-state index in [0.29, 0.717) is 5.17 Å². The lowest BCUT2D eigenvalue weighted by Crippen LogP contribution is -2.38. The summed E-state index contributed by atoms with van der Waals surface area (Å²) < 4.78 is 23.9. The Morgan fingerprint density at radius 2 is 2.05 bits per heavy atom. The quantitative estimate of drug-likeness (QED) is 0.783. The van der Waals surface area contributed by atoms with Gasteiger partial charge >= 0.3 is 0 Å². The normalized spacial score (nSPS) is 28.1. The van der Waals surface area contributed by atoms with Crippen molar-refractivity contribution in [2.75, 3.05) is 16.4 Å². The molecule has 2 aliphatic heterocycles. The number of nitrogens with zero attached hydrogens (tertiary/aromatic N) is 2. The highest BCUT2D eigenvalue weighted by molar-refractivity contribution is 8.16. The summed E-state index contributed by atoms with van der Waals surface area (Å²) in [5.41, 5.74) is 3.14. The first-order chi connectivity index (χ1) is 10.3. The lowest BCUT2D eigenvalue weighted by atomic mass is 10.1. The van der Waals surface area contributed by atoms with Gasteiger partial charge in [0.2, 0.25) is 5.91 Å². The number of benzene rings is 1. The molecule has 118 valence electrons. The van der Waals surface area contributed by atoms with E-state index in [9.17, 15) is 13.2 Å². The van der Waals surface area contributed by atoms with Gasteiger partial charge in [0.25, 0.3) is 0 Å². The molecule has 0 N–H and O–H groups in total. The zero-order valence-electron chi connectivity index (χ0n) is 12.7. The number of carbonyl (C=O) groups is 1. The Balaban J connectivity index is 2.08. The molecule has 1 amide bonds. The van der Waals surface area contributed by atoms with Gasteiger partial charge in [0.1, 0.15) is 0 Å². The molecule has 0 bridgehead atoms. The number of hydrogen-bond acceptors (Lipinski definition) is 4. The second kappa shape index (κ2) is 5.38. The minimum Gasteiger partial charge on any atom is -0.315 e. The number of hydrogen-bond donors (Lipinski definition) is 0. The van der Waals surface area contributed by atoms with Crippen molar-refractivity contribution in [2.24, 2.45) is 4.99 Å². The van der Waals surface area contributed by atoms with Gasteiger partial charge in [-0.25, -0.2) is 8.42 Å². The Morgan fingerprint density at radius 1 is 1.32 bits per heavy atom. The molecule has 2 aliphatic rings. The number of fused-ring (bicyclic) bond motifs is 1. The fourth-order valence-electron chi connectivity index (χ4n) is 3.06. The van der Waals surface area contributed by atoms with Gasteiger partial charge < -0.3 is 4.90 Å². The second-order valence-electron chi connectivity index (χ2n) is 5.87. The summed E-state index contributed by atoms with van der Waals surface area (Å²) in [7, 11) is -3.02. The molecule has 3 rings (SSSR count). The van der Waals surface area contributed by atoms with Gasteiger partial charge in [0.15, 0.2) is 15.0 Å². The van der Waals surface area contributed by atoms with Gasteiger partial charge in [-0.2, -0.15) is 4.99 Å². The van der Waals surface area contributed by atoms with Crippen molar-refractivity contribution >= 4 is 38.4 Å². The Morgan fingerprint density at radius 3 is 2.68 bits per heavy atom. The number of aliphatic imine (C=N–C) groups is 1. The molecule has 1 aromatic carbocycles. The van der Waals surface area contributed by atoms with Crippen LogP contribution in [0, 0.1) is 13.8 Å². The molecule has 2 atom stereocenters. The van der Waals surface area contributed by atoms with Gasteiger partial charge in [0, 0.05) is 17.9 Å². The van der Waals surface area contributed by atoms with Crippen molar-refractivity contribution in [3.05, 3.63) is 29.3 Å². The van der Waals surface area contributed by atoms with Crippen LogP contribution in [0.5, 0.6) is 0 Å². The molecule has 5 nitrogen and oxygen atoms in total. The largest absolute Gasteiger partial charge is 0.315 e. The summed E-state index contributed by atoms with van der Waals surface area (Å²) in [6.07, 6.45) is 0. The predicted molar refractivity (Wildman–Crippen MR) is 90.3 cm³/mol. The molecule has 0 radical (unpaired) electrons. The van der Waals surface area contributed by atoms with Gasteiger partial charge in [-0.3, -0.25) is 4.79 Å². The van der Waals surface area contributed by atoms with Crippen LogP contribution in [0.15, 0.2) is 23.2 Å². The second-order valence-corrected chi connectivity index (χ2v) is 9.23. The zero-order valence-corrected chi connectivity index (χ0v) is 14.4. The number of amides is 1. The average molecular weight is 338 g/mol. The summed E-state index contributed by atoms with van der Waals surface area (Å²) >= 11 is 1.40. The third-order valence-corrected chi connectivity index (χ3v) is 7.14. The third-order valence-electron chi connectivity index (χ3n) is 3.93. The molecule has 22 heavy (non-hydrogen) atoms. The maximum atomic E-state index is 11.9. The summed E-state index contributed by atoms with van der Waals surface area (Å²) in [5, 5.41) is 0.563. The van der Waals surface area contributed by atoms with Crippen molar-refractivity contribution < 1.29 is 13.2 Å². The van der Waals surface area contributed by atoms with Crippen LogP contribution in [-0.4, -0.2) is 42.3 Å². The van der Waals surface area contributed by atoms with Crippen LogP contribution >= 0.6 is 11.8 Å². The highest BCUT2D eigenvalue weighted by Gasteiger charge is 2.49. The summed E-state index contributed by atoms with van der Waals surface area (Å²) in [6, 6.07) is 5.89. The highest BCUT2D eigenvalue weighted by Crippen LogP contribution is 2.41. The first-order valence-corrected chi connectivity index (χ1v) is 9.80. The van der Waals surface area contributed by atoms with Crippen LogP contribution in [0.2, 0.25) is 0 Å². The summed E-state index contributed by atoms with van der Waals surface area (Å²) in [6.45, 7) is 5.43. The molecular weight excluding hydrogens is 320 g/mol. The van der Waals surface area contributed by atoms with Crippen molar-refractivity contribution in [1.82, 2.24) is 0 Å². The van der Waals surface area contributed by atoms with Crippen molar-refractivity contribution in [3.63, 3.8) is 0 Å². The van der Waals surface area contributed by atoms with E-state index in [1.54, 1.807) is 0 Å². The van der Waals surface area contributed by atoms with Crippen LogP contribution in [-0.2, 0) is 14.6 Å².